The monoisotopic (exact) mass is 372 g/mol. The zero-order chi connectivity index (χ0) is 16.4. The van der Waals surface area contributed by atoms with E-state index in [9.17, 15) is 8.42 Å². The molecule has 1 unspecified atom stereocenters. The Morgan fingerprint density at radius 3 is 2.57 bits per heavy atom. The van der Waals surface area contributed by atoms with Crippen LogP contribution >= 0.6 is 23.2 Å². The van der Waals surface area contributed by atoms with E-state index in [1.165, 1.54) is 0 Å². The van der Waals surface area contributed by atoms with Gasteiger partial charge in [-0.25, -0.2) is 13.4 Å². The molecule has 0 spiro atoms. The summed E-state index contributed by atoms with van der Waals surface area (Å²) in [4.78, 5) is 8.43. The van der Waals surface area contributed by atoms with Crippen molar-refractivity contribution < 1.29 is 8.42 Å². The van der Waals surface area contributed by atoms with Crippen molar-refractivity contribution in [2.24, 2.45) is 0 Å². The van der Waals surface area contributed by atoms with Crippen molar-refractivity contribution in [2.75, 3.05) is 22.1 Å². The second-order valence-corrected chi connectivity index (χ2v) is 8.27. The third-order valence-corrected chi connectivity index (χ3v) is 5.83. The molecule has 1 aromatic heterocycles. The van der Waals surface area contributed by atoms with E-state index >= 15 is 0 Å². The van der Waals surface area contributed by atoms with Crippen LogP contribution < -0.4 is 10.6 Å². The third-order valence-electron chi connectivity index (χ3n) is 3.44. The molecule has 2 heterocycles. The van der Waals surface area contributed by atoms with E-state index in [1.54, 1.807) is 30.5 Å². The van der Waals surface area contributed by atoms with E-state index < -0.39 is 9.84 Å². The summed E-state index contributed by atoms with van der Waals surface area (Å²) in [6.45, 7) is 0. The Morgan fingerprint density at radius 2 is 1.91 bits per heavy atom. The Hall–Kier alpha value is -1.57. The van der Waals surface area contributed by atoms with Gasteiger partial charge in [-0.2, -0.15) is 4.98 Å². The predicted molar refractivity (Wildman–Crippen MR) is 92.5 cm³/mol. The Bertz CT molecular complexity index is 809. The van der Waals surface area contributed by atoms with Crippen molar-refractivity contribution in [3.8, 4) is 0 Å². The van der Waals surface area contributed by atoms with Gasteiger partial charge in [0.1, 0.15) is 5.82 Å². The largest absolute Gasteiger partial charge is 0.350 e. The molecule has 0 saturated carbocycles. The molecule has 9 heteroatoms. The predicted octanol–water partition coefficient (Wildman–Crippen LogP) is 3.13. The van der Waals surface area contributed by atoms with Gasteiger partial charge in [0.2, 0.25) is 5.95 Å². The van der Waals surface area contributed by atoms with Gasteiger partial charge in [0, 0.05) is 12.2 Å². The first-order valence-corrected chi connectivity index (χ1v) is 9.52. The smallest absolute Gasteiger partial charge is 0.224 e. The highest BCUT2D eigenvalue weighted by molar-refractivity contribution is 7.91. The number of benzene rings is 1. The van der Waals surface area contributed by atoms with Gasteiger partial charge in [-0.15, -0.1) is 0 Å². The lowest BCUT2D eigenvalue weighted by Crippen LogP contribution is -2.22. The number of anilines is 3. The maximum absolute atomic E-state index is 11.5. The summed E-state index contributed by atoms with van der Waals surface area (Å²) in [5.74, 6) is 1.17. The van der Waals surface area contributed by atoms with Crippen molar-refractivity contribution in [3.63, 3.8) is 0 Å². The Kier molecular flexibility index (Phi) is 4.61. The maximum atomic E-state index is 11.5. The molecule has 1 aliphatic rings. The normalized spacial score (nSPS) is 19.5. The average molecular weight is 373 g/mol. The lowest BCUT2D eigenvalue weighted by Gasteiger charge is -2.13. The number of hydrogen-bond donors (Lipinski definition) is 2. The summed E-state index contributed by atoms with van der Waals surface area (Å²) in [5.41, 5.74) is 0.559. The van der Waals surface area contributed by atoms with E-state index in [2.05, 4.69) is 20.6 Å². The van der Waals surface area contributed by atoms with Gasteiger partial charge in [0.25, 0.3) is 0 Å². The minimum absolute atomic E-state index is 0.102. The first kappa shape index (κ1) is 16.3. The van der Waals surface area contributed by atoms with Crippen LogP contribution in [0.2, 0.25) is 10.0 Å². The lowest BCUT2D eigenvalue weighted by molar-refractivity contribution is 0.602. The highest BCUT2D eigenvalue weighted by Crippen LogP contribution is 2.32. The van der Waals surface area contributed by atoms with E-state index in [-0.39, 0.29) is 17.5 Å². The number of halogens is 2. The highest BCUT2D eigenvalue weighted by Gasteiger charge is 2.28. The molecule has 1 atom stereocenters. The topological polar surface area (TPSA) is 84.0 Å². The maximum Gasteiger partial charge on any atom is 0.224 e. The van der Waals surface area contributed by atoms with Crippen LogP contribution in [0.3, 0.4) is 0 Å². The summed E-state index contributed by atoms with van der Waals surface area (Å²) in [6.07, 6.45) is 2.13. The van der Waals surface area contributed by atoms with Gasteiger partial charge in [-0.05, 0) is 24.6 Å². The van der Waals surface area contributed by atoms with Gasteiger partial charge < -0.3 is 10.6 Å². The minimum Gasteiger partial charge on any atom is -0.350 e. The molecule has 2 N–H and O–H groups in total. The fraction of sp³-hybridized carbons (Fsp3) is 0.286. The molecule has 0 radical (unpaired) electrons. The lowest BCUT2D eigenvalue weighted by atomic mass is 10.3. The molecule has 1 aromatic carbocycles. The van der Waals surface area contributed by atoms with Gasteiger partial charge in [0.15, 0.2) is 9.84 Å². The number of hydrogen-bond acceptors (Lipinski definition) is 6. The van der Waals surface area contributed by atoms with Crippen LogP contribution in [0.5, 0.6) is 0 Å². The molecule has 122 valence electrons. The van der Waals surface area contributed by atoms with Gasteiger partial charge in [0.05, 0.1) is 27.2 Å². The molecule has 2 aromatic rings. The summed E-state index contributed by atoms with van der Waals surface area (Å²) >= 11 is 12.2. The third kappa shape index (κ3) is 4.04. The Morgan fingerprint density at radius 1 is 1.17 bits per heavy atom. The number of nitrogens with one attached hydrogen (secondary N) is 2. The fourth-order valence-electron chi connectivity index (χ4n) is 2.33. The molecule has 6 nitrogen and oxygen atoms in total. The van der Waals surface area contributed by atoms with Gasteiger partial charge >= 0.3 is 0 Å². The summed E-state index contributed by atoms with van der Waals surface area (Å²) in [5, 5.41) is 7.05. The molecule has 0 aliphatic carbocycles. The summed E-state index contributed by atoms with van der Waals surface area (Å²) in [7, 11) is -2.95. The van der Waals surface area contributed by atoms with Crippen LogP contribution in [0.1, 0.15) is 6.42 Å². The SMILES string of the molecule is O=S1(=O)CCC(Nc2nccc(Nc3c(Cl)cccc3Cl)n2)C1. The number of sulfone groups is 1. The van der Waals surface area contributed by atoms with Crippen molar-refractivity contribution in [3.05, 3.63) is 40.5 Å². The van der Waals surface area contributed by atoms with Crippen molar-refractivity contribution in [1.29, 1.82) is 0 Å². The molecule has 3 rings (SSSR count). The molecule has 0 amide bonds. The molecule has 0 bridgehead atoms. The molecule has 1 saturated heterocycles. The molecule has 1 fully saturated rings. The van der Waals surface area contributed by atoms with E-state index in [0.29, 0.717) is 33.9 Å². The van der Waals surface area contributed by atoms with E-state index in [0.717, 1.165) is 0 Å². The average Bonchev–Trinajstić information content (AvgIpc) is 2.82. The molecule has 1 aliphatic heterocycles. The number of nitrogens with zero attached hydrogens (tertiary/aromatic N) is 2. The Labute approximate surface area is 144 Å². The highest BCUT2D eigenvalue weighted by atomic mass is 35.5. The summed E-state index contributed by atoms with van der Waals surface area (Å²) in [6, 6.07) is 6.71. The zero-order valence-corrected chi connectivity index (χ0v) is 14.3. The van der Waals surface area contributed by atoms with Gasteiger partial charge in [-0.3, -0.25) is 0 Å². The quantitative estimate of drug-likeness (QED) is 0.857. The first-order valence-electron chi connectivity index (χ1n) is 6.94. The second-order valence-electron chi connectivity index (χ2n) is 5.23. The van der Waals surface area contributed by atoms with Crippen LogP contribution in [-0.2, 0) is 9.84 Å². The Balaban J connectivity index is 1.75. The standard InChI is InChI=1S/C14H14Cl2N4O2S/c15-10-2-1-3-11(16)13(10)19-12-4-6-17-14(20-12)18-9-5-7-23(21,22)8-9/h1-4,6,9H,5,7-8H2,(H2,17,18,19,20). The molecular formula is C14H14Cl2N4O2S. The van der Waals surface area contributed by atoms with Gasteiger partial charge in [-0.1, -0.05) is 29.3 Å². The molecule has 23 heavy (non-hydrogen) atoms. The van der Waals surface area contributed by atoms with E-state index in [1.807, 2.05) is 0 Å². The zero-order valence-electron chi connectivity index (χ0n) is 12.0. The number of aromatic nitrogens is 2. The summed E-state index contributed by atoms with van der Waals surface area (Å²) < 4.78 is 23.0. The van der Waals surface area contributed by atoms with Crippen LogP contribution in [0.15, 0.2) is 30.5 Å². The number of rotatable bonds is 4. The van der Waals surface area contributed by atoms with Crippen molar-refractivity contribution >= 4 is 50.5 Å². The molecular weight excluding hydrogens is 359 g/mol. The van der Waals surface area contributed by atoms with Crippen molar-refractivity contribution in [2.45, 2.75) is 12.5 Å². The van der Waals surface area contributed by atoms with Crippen LogP contribution in [0.25, 0.3) is 0 Å². The fourth-order valence-corrected chi connectivity index (χ4v) is 4.50. The first-order chi connectivity index (χ1) is 10.9. The van der Waals surface area contributed by atoms with Crippen LogP contribution in [-0.4, -0.2) is 35.9 Å². The number of para-hydroxylation sites is 1. The van der Waals surface area contributed by atoms with Crippen LogP contribution in [0, 0.1) is 0 Å². The van der Waals surface area contributed by atoms with Crippen molar-refractivity contribution in [1.82, 2.24) is 9.97 Å². The second kappa shape index (κ2) is 6.51. The van der Waals surface area contributed by atoms with Crippen LogP contribution in [0.4, 0.5) is 17.5 Å². The van der Waals surface area contributed by atoms with E-state index in [4.69, 9.17) is 23.2 Å². The minimum atomic E-state index is -2.95.